The Hall–Kier alpha value is -15.5. The first-order valence-electron chi connectivity index (χ1n) is 47.2. The largest absolute Gasteiger partial charge is 0.494 e. The summed E-state index contributed by atoms with van der Waals surface area (Å²) in [4.78, 5) is 204. The molecule has 11 rings (SSSR count). The number of aryl methyl sites for hydroxylation is 1. The van der Waals surface area contributed by atoms with Crippen LogP contribution in [0, 0.1) is 11.8 Å². The summed E-state index contributed by atoms with van der Waals surface area (Å²) in [6.07, 6.45) is 7.78. The van der Waals surface area contributed by atoms with Crippen LogP contribution in [-0.2, 0) is 88.8 Å². The molecule has 0 spiro atoms. The zero-order valence-corrected chi connectivity index (χ0v) is 82.1. The number of nitrogens with one attached hydrogen (secondary N) is 11. The Bertz CT molecular complexity index is 6110. The first-order chi connectivity index (χ1) is 69.4. The van der Waals surface area contributed by atoms with Crippen molar-refractivity contribution < 1.29 is 91.1 Å². The van der Waals surface area contributed by atoms with Gasteiger partial charge in [0.2, 0.25) is 65.0 Å². The first kappa shape index (κ1) is 109. The molecular weight excluding hydrogens is 1880 g/mol. The predicted molar refractivity (Wildman–Crippen MR) is 535 cm³/mol. The van der Waals surface area contributed by atoms with Crippen LogP contribution in [0.1, 0.15) is 130 Å². The molecule has 0 aliphatic carbocycles. The van der Waals surface area contributed by atoms with Gasteiger partial charge in [0.1, 0.15) is 29.9 Å². The first-order valence-corrected chi connectivity index (χ1v) is 48.3. The van der Waals surface area contributed by atoms with Crippen molar-refractivity contribution in [1.29, 1.82) is 0 Å². The molecule has 0 saturated carbocycles. The van der Waals surface area contributed by atoms with Crippen molar-refractivity contribution in [2.24, 2.45) is 29.7 Å². The van der Waals surface area contributed by atoms with Gasteiger partial charge < -0.3 is 103 Å². The molecule has 5 atom stereocenters. The molecule has 768 valence electrons. The lowest BCUT2D eigenvalue weighted by molar-refractivity contribution is -0.136. The van der Waals surface area contributed by atoms with E-state index in [-0.39, 0.29) is 155 Å². The third kappa shape index (κ3) is 31.5. The Morgan fingerprint density at radius 1 is 0.743 bits per heavy atom. The SMILES string of the molecule is C=CC(=O)Nc1cc(Nc2nccc(-c3cn(C)c4ccccc34)n2)c(OC)cc1N(C)CCN(C)Cc1cn(CCOCCOCCOCCNC(=O)C(CSCCNC(=O)C(CCCCN=[N+]=[N-])NC(=O)CCC(=O)N[C@H](C(=O)N[C@@H](CCCNC(N)=O)C(=O)Nc2ccc(Cn3c(O)nc4c(N)nc(OCCCC)nc43)cc2)C(C)C)CC(=O)Nc2cccc3c2C(=O)N(C2CCC(=O)NC2=O)C3=O)nn1. The number of urea groups is 1. The van der Waals surface area contributed by atoms with Crippen molar-refractivity contribution in [1.82, 2.24) is 96.1 Å². The van der Waals surface area contributed by atoms with Gasteiger partial charge in [-0.2, -0.15) is 26.7 Å². The number of hydrogen-bond acceptors (Lipinski definition) is 32. The highest BCUT2D eigenvalue weighted by molar-refractivity contribution is 7.99. The highest BCUT2D eigenvalue weighted by atomic mass is 32.2. The summed E-state index contributed by atoms with van der Waals surface area (Å²) >= 11 is 1.20. The van der Waals surface area contributed by atoms with E-state index in [1.807, 2.05) is 69.6 Å². The molecule has 0 bridgehead atoms. The minimum atomic E-state index is -1.28. The van der Waals surface area contributed by atoms with E-state index < -0.39 is 132 Å². The Kier molecular flexibility index (Phi) is 41.2. The Labute approximate surface area is 833 Å². The molecule has 5 aromatic heterocycles. The van der Waals surface area contributed by atoms with Gasteiger partial charge in [-0.15, -0.1) is 5.10 Å². The minimum Gasteiger partial charge on any atom is -0.494 e. The molecular formula is C95H123N29O19S. The van der Waals surface area contributed by atoms with Crippen molar-refractivity contribution in [3.63, 3.8) is 0 Å². The van der Waals surface area contributed by atoms with E-state index in [0.717, 1.165) is 45.6 Å². The number of anilines is 7. The highest BCUT2D eigenvalue weighted by Gasteiger charge is 2.46. The zero-order valence-electron chi connectivity index (χ0n) is 81.3. The number of fused-ring (bicyclic) bond motifs is 3. The third-order valence-corrected chi connectivity index (χ3v) is 24.4. The zero-order chi connectivity index (χ0) is 103. The van der Waals surface area contributed by atoms with Gasteiger partial charge in [-0.3, -0.25) is 77.2 Å². The molecule has 49 heteroatoms. The quantitative estimate of drug-likeness (QED) is 0.00531. The number of rotatable bonds is 60. The Morgan fingerprint density at radius 2 is 1.48 bits per heavy atom. The van der Waals surface area contributed by atoms with Crippen molar-refractivity contribution in [3.8, 4) is 29.0 Å². The number of likely N-dealkylation sites (N-methyl/N-ethyl adjacent to an activating group) is 2. The molecule has 2 aliphatic rings. The molecule has 3 unspecified atom stereocenters. The molecule has 16 N–H and O–H groups in total. The molecule has 2 aliphatic heterocycles. The van der Waals surface area contributed by atoms with Crippen LogP contribution in [0.3, 0.4) is 0 Å². The number of imidazole rings is 1. The van der Waals surface area contributed by atoms with E-state index in [1.165, 1.54) is 40.6 Å². The van der Waals surface area contributed by atoms with Gasteiger partial charge in [-0.1, -0.05) is 86.9 Å². The van der Waals surface area contributed by atoms with Crippen molar-refractivity contribution in [2.75, 3.05) is 150 Å². The number of benzene rings is 4. The molecule has 0 radical (unpaired) electrons. The molecule has 9 aromatic rings. The second kappa shape index (κ2) is 54.5. The number of azide groups is 1. The van der Waals surface area contributed by atoms with Gasteiger partial charge in [0.25, 0.3) is 17.8 Å². The van der Waals surface area contributed by atoms with E-state index in [4.69, 9.17) is 45.7 Å². The van der Waals surface area contributed by atoms with Gasteiger partial charge in [0, 0.05) is 149 Å². The van der Waals surface area contributed by atoms with Gasteiger partial charge in [0.15, 0.2) is 17.0 Å². The number of amides is 14. The predicted octanol–water partition coefficient (Wildman–Crippen LogP) is 5.85. The smallest absolute Gasteiger partial charge is 0.320 e. The standard InChI is InChI=1S/C95H123N29O19S/c1-9-11-41-143-94-114-83(96)82-84(115-94)123(95(138)113-82)52-58-24-26-60(27-25-58)104-87(132)68(22-17-33-101-92(97)137)108-89(134)81(57(3)4)111-77(127)31-30-76(126)106-67(20-14-15-34-103-117-98)86(131)100-37-48-144-56-59(49-79(129)105-66-21-16-19-63-80(66)91(136)124(90(63)135)72-28-29-78(128)112-88(72)133)85(130)99-36-42-140-44-46-142-47-45-141-43-40-122-54-61(116-118-122)53-119(5)38-39-120(6)73-51-74(139-8)70(50-69(73)107-75(125)10-2)110-93-102-35-32-65(109-93)64-55-121(7)71-23-13-12-18-62(64)71/h10,12-13,16,18-19,21,23-27,32,35,50-51,54-55,57,59,67-68,72,81H,2,9,11,14-15,17,20,22,28-31,33-34,36-49,52-53,56H2,1,3-8H3,(H,99,130)(H,100,131)(H,104,132)(H,105,129)(H,106,126)(H,107,125)(H,108,134)(H,111,127)(H,113,138)(H2,96,114,115)(H3,97,101,137)(H,102,109,110)(H,112,128,133)/t59?,67?,68-,72?,81-/m0/s1. The molecule has 144 heavy (non-hydrogen) atoms. The van der Waals surface area contributed by atoms with Crippen LogP contribution in [0.2, 0.25) is 0 Å². The summed E-state index contributed by atoms with van der Waals surface area (Å²) in [5.41, 5.74) is 26.6. The summed E-state index contributed by atoms with van der Waals surface area (Å²) < 4.78 is 34.0. The van der Waals surface area contributed by atoms with Crippen LogP contribution in [0.5, 0.6) is 17.8 Å². The van der Waals surface area contributed by atoms with E-state index in [1.54, 1.807) is 62.2 Å². The summed E-state index contributed by atoms with van der Waals surface area (Å²) in [5.74, 6) is -8.71. The second-order valence-electron chi connectivity index (χ2n) is 34.4. The summed E-state index contributed by atoms with van der Waals surface area (Å²) in [7, 11) is 7.43. The van der Waals surface area contributed by atoms with E-state index in [2.05, 4.69) is 127 Å². The highest BCUT2D eigenvalue weighted by Crippen LogP contribution is 2.40. The van der Waals surface area contributed by atoms with E-state index in [9.17, 15) is 67.4 Å². The number of thioether (sulfide) groups is 1. The number of piperidine rings is 1. The molecule has 1 fully saturated rings. The number of unbranched alkanes of at least 4 members (excludes halogenated alkanes) is 2. The van der Waals surface area contributed by atoms with Crippen molar-refractivity contribution in [3.05, 3.63) is 149 Å². The lowest BCUT2D eigenvalue weighted by Gasteiger charge is -2.27. The molecule has 7 heterocycles. The average molecular weight is 2010 g/mol. The fourth-order valence-corrected chi connectivity index (χ4v) is 16.7. The second-order valence-corrected chi connectivity index (χ2v) is 35.5. The number of imide groups is 2. The number of aromatic hydroxyl groups is 1. The number of nitrogen functional groups attached to an aromatic ring is 1. The molecule has 14 amide bonds. The van der Waals surface area contributed by atoms with Crippen LogP contribution in [0.25, 0.3) is 43.8 Å². The summed E-state index contributed by atoms with van der Waals surface area (Å²) in [5, 5.41) is 54.1. The monoisotopic (exact) mass is 2010 g/mol. The van der Waals surface area contributed by atoms with Gasteiger partial charge in [-0.25, -0.2) is 19.4 Å². The number of carbonyl (C=O) groups is 13. The number of methoxy groups -OCH3 is 1. The molecule has 1 saturated heterocycles. The number of primary amides is 1. The Morgan fingerprint density at radius 3 is 2.22 bits per heavy atom. The average Bonchev–Trinajstić information content (AvgIpc) is 1.59. The third-order valence-electron chi connectivity index (χ3n) is 23.3. The lowest BCUT2D eigenvalue weighted by atomic mass is 10.0. The summed E-state index contributed by atoms with van der Waals surface area (Å²) in [6.45, 7) is 12.8. The van der Waals surface area contributed by atoms with E-state index in [0.29, 0.717) is 92.2 Å². The number of para-hydroxylation sites is 1. The molecule has 4 aromatic carbocycles. The maximum absolute atomic E-state index is 14.1. The number of aromatic nitrogens is 10. The van der Waals surface area contributed by atoms with Crippen LogP contribution in [0.4, 0.5) is 45.0 Å². The maximum Gasteiger partial charge on any atom is 0.320 e. The fourth-order valence-electron chi connectivity index (χ4n) is 15.7. The van der Waals surface area contributed by atoms with Crippen LogP contribution in [0.15, 0.2) is 121 Å². The number of nitrogens with zero attached hydrogens (tertiary/aromatic N) is 16. The summed E-state index contributed by atoms with van der Waals surface area (Å²) in [6, 6.07) is 18.3. The Balaban J connectivity index is 0.617. The topological polar surface area (TPSA) is 636 Å². The lowest BCUT2D eigenvalue weighted by Crippen LogP contribution is -2.54. The van der Waals surface area contributed by atoms with Crippen LogP contribution >= 0.6 is 11.8 Å². The number of ether oxygens (including phenoxy) is 5. The number of nitrogens with two attached hydrogens (primary N) is 2. The maximum atomic E-state index is 14.1. The normalized spacial score (nSPS) is 13.6. The van der Waals surface area contributed by atoms with Gasteiger partial charge in [0.05, 0.1) is 118 Å². The fraction of sp³-hybridized carbons (Fsp3) is 0.453. The van der Waals surface area contributed by atoms with Crippen LogP contribution < -0.4 is 84.3 Å². The minimum absolute atomic E-state index is 0.00630. The van der Waals surface area contributed by atoms with Gasteiger partial charge >= 0.3 is 12.0 Å². The number of hydrogen-bond donors (Lipinski definition) is 14. The van der Waals surface area contributed by atoms with Crippen molar-refractivity contribution >= 4 is 151 Å². The number of carbonyl (C=O) groups excluding carboxylic acids is 13. The van der Waals surface area contributed by atoms with Gasteiger partial charge in [-0.05, 0) is 111 Å². The van der Waals surface area contributed by atoms with Crippen LogP contribution in [-0.4, -0.2) is 283 Å². The van der Waals surface area contributed by atoms with Crippen molar-refractivity contribution in [2.45, 2.75) is 142 Å². The molecule has 48 nitrogen and oxygen atoms in total. The van der Waals surface area contributed by atoms with E-state index >= 15 is 0 Å².